The second-order valence-electron chi connectivity index (χ2n) is 4.55. The number of hydrogen-bond donors (Lipinski definition) is 2. The Labute approximate surface area is 99.5 Å². The number of carbonyl (C=O) groups excluding carboxylic acids is 1. The summed E-state index contributed by atoms with van der Waals surface area (Å²) in [5, 5.41) is 0. The smallest absolute Gasteiger partial charge is 0.379 e. The molecule has 0 rings (SSSR count). The third-order valence-electron chi connectivity index (χ3n) is 1.32. The fraction of sp³-hybridized carbons (Fsp3) is 0.875. The standard InChI is InChI=1S/C8H17ClNO5P/c1-6(7(11)15-16(9,12)13)10-14-5-8(2,3)4/h6,10H,5H2,1-4H3,(H,12,13)/t6-/m0/s1. The van der Waals surface area contributed by atoms with E-state index in [1.165, 1.54) is 6.92 Å². The maximum atomic E-state index is 11.1. The number of rotatable bonds is 5. The van der Waals surface area contributed by atoms with Crippen LogP contribution in [0.2, 0.25) is 0 Å². The van der Waals surface area contributed by atoms with E-state index >= 15 is 0 Å². The first-order chi connectivity index (χ1) is 7.01. The summed E-state index contributed by atoms with van der Waals surface area (Å²) in [4.78, 5) is 24.8. The number of hydrogen-bond acceptors (Lipinski definition) is 5. The second-order valence-corrected chi connectivity index (χ2v) is 6.92. The van der Waals surface area contributed by atoms with Gasteiger partial charge in [0.2, 0.25) is 0 Å². The van der Waals surface area contributed by atoms with Gasteiger partial charge in [-0.1, -0.05) is 20.8 Å². The molecule has 0 amide bonds. The van der Waals surface area contributed by atoms with Crippen LogP contribution < -0.4 is 5.48 Å². The van der Waals surface area contributed by atoms with Gasteiger partial charge in [-0.05, 0) is 12.3 Å². The van der Waals surface area contributed by atoms with Crippen LogP contribution in [0.1, 0.15) is 27.7 Å². The average Bonchev–Trinajstić information content (AvgIpc) is 1.98. The quantitative estimate of drug-likeness (QED) is 0.587. The molecule has 0 aromatic carbocycles. The van der Waals surface area contributed by atoms with Gasteiger partial charge >= 0.3 is 12.9 Å². The minimum absolute atomic E-state index is 0.0601. The average molecular weight is 274 g/mol. The molecule has 0 aliphatic heterocycles. The summed E-state index contributed by atoms with van der Waals surface area (Å²) in [5.41, 5.74) is 2.34. The van der Waals surface area contributed by atoms with Gasteiger partial charge in [0.1, 0.15) is 6.04 Å². The normalized spacial score (nSPS) is 17.6. The molecule has 96 valence electrons. The predicted molar refractivity (Wildman–Crippen MR) is 59.8 cm³/mol. The Morgan fingerprint density at radius 3 is 2.44 bits per heavy atom. The molecule has 1 unspecified atom stereocenters. The van der Waals surface area contributed by atoms with E-state index in [1.807, 2.05) is 20.8 Å². The van der Waals surface area contributed by atoms with Crippen LogP contribution in [0.3, 0.4) is 0 Å². The Hall–Kier alpha value is -0.130. The molecule has 6 nitrogen and oxygen atoms in total. The topological polar surface area (TPSA) is 84.9 Å². The van der Waals surface area contributed by atoms with E-state index in [1.54, 1.807) is 0 Å². The van der Waals surface area contributed by atoms with Crippen LogP contribution in [0.4, 0.5) is 0 Å². The highest BCUT2D eigenvalue weighted by molar-refractivity contribution is 7.80. The zero-order valence-electron chi connectivity index (χ0n) is 9.69. The van der Waals surface area contributed by atoms with Crippen LogP contribution >= 0.6 is 18.2 Å². The van der Waals surface area contributed by atoms with Crippen molar-refractivity contribution >= 4 is 24.2 Å². The minimum atomic E-state index is -4.31. The maximum absolute atomic E-state index is 11.1. The SMILES string of the molecule is C[C@H](NOCC(C)(C)C)C(=O)OP(=O)(O)Cl. The molecular formula is C8H17ClNO5P. The van der Waals surface area contributed by atoms with Crippen molar-refractivity contribution in [3.8, 4) is 0 Å². The molecule has 0 fully saturated rings. The zero-order valence-corrected chi connectivity index (χ0v) is 11.3. The van der Waals surface area contributed by atoms with Crippen molar-refractivity contribution in [2.24, 2.45) is 5.41 Å². The van der Waals surface area contributed by atoms with Gasteiger partial charge in [-0.25, -0.2) is 9.36 Å². The summed E-state index contributed by atoms with van der Waals surface area (Å²) in [7, 11) is 0. The number of nitrogens with one attached hydrogen (secondary N) is 1. The van der Waals surface area contributed by atoms with Gasteiger partial charge in [-0.15, -0.1) is 0 Å². The molecule has 0 spiro atoms. The van der Waals surface area contributed by atoms with Gasteiger partial charge < -0.3 is 14.3 Å². The Morgan fingerprint density at radius 2 is 2.06 bits per heavy atom. The number of hydroxylamine groups is 1. The minimum Gasteiger partial charge on any atom is -0.379 e. The summed E-state index contributed by atoms with van der Waals surface area (Å²) in [6.07, 6.45) is 0. The molecule has 0 radical (unpaired) electrons. The van der Waals surface area contributed by atoms with Gasteiger partial charge in [0.25, 0.3) is 0 Å². The van der Waals surface area contributed by atoms with Crippen molar-refractivity contribution in [3.05, 3.63) is 0 Å². The molecule has 0 aliphatic carbocycles. The Bertz CT molecular complexity index is 285. The maximum Gasteiger partial charge on any atom is 0.476 e. The van der Waals surface area contributed by atoms with E-state index in [2.05, 4.69) is 10.0 Å². The Kier molecular flexibility index (Phi) is 5.93. The summed E-state index contributed by atoms with van der Waals surface area (Å²) in [6, 6.07) is -0.874. The number of halogens is 1. The number of carbonyl (C=O) groups is 1. The lowest BCUT2D eigenvalue weighted by atomic mass is 9.99. The summed E-state index contributed by atoms with van der Waals surface area (Å²) in [5.74, 6) is -0.949. The van der Waals surface area contributed by atoms with E-state index < -0.39 is 19.0 Å². The van der Waals surface area contributed by atoms with Crippen molar-refractivity contribution in [2.75, 3.05) is 6.61 Å². The van der Waals surface area contributed by atoms with Crippen LogP contribution in [0.15, 0.2) is 0 Å². The van der Waals surface area contributed by atoms with Gasteiger partial charge in [-0.2, -0.15) is 5.48 Å². The first-order valence-corrected chi connectivity index (χ1v) is 7.13. The first kappa shape index (κ1) is 15.9. The van der Waals surface area contributed by atoms with Crippen molar-refractivity contribution < 1.29 is 23.6 Å². The monoisotopic (exact) mass is 273 g/mol. The third-order valence-corrected chi connectivity index (χ3v) is 1.93. The molecule has 0 aromatic heterocycles. The van der Waals surface area contributed by atoms with Crippen LogP contribution in [0, 0.1) is 5.41 Å². The lowest BCUT2D eigenvalue weighted by Gasteiger charge is -2.20. The van der Waals surface area contributed by atoms with E-state index in [0.717, 1.165) is 0 Å². The van der Waals surface area contributed by atoms with Crippen molar-refractivity contribution in [1.82, 2.24) is 5.48 Å². The molecule has 0 aromatic rings. The molecule has 2 atom stereocenters. The van der Waals surface area contributed by atoms with Gasteiger partial charge in [0.05, 0.1) is 6.61 Å². The lowest BCUT2D eigenvalue weighted by molar-refractivity contribution is -0.141. The zero-order chi connectivity index (χ0) is 13.0. The van der Waals surface area contributed by atoms with Crippen LogP contribution in [0.25, 0.3) is 0 Å². The Morgan fingerprint density at radius 1 is 1.56 bits per heavy atom. The highest BCUT2D eigenvalue weighted by atomic mass is 35.7. The highest BCUT2D eigenvalue weighted by Gasteiger charge is 2.25. The highest BCUT2D eigenvalue weighted by Crippen LogP contribution is 2.47. The van der Waals surface area contributed by atoms with Gasteiger partial charge in [-0.3, -0.25) is 0 Å². The van der Waals surface area contributed by atoms with Gasteiger partial charge in [0.15, 0.2) is 0 Å². The first-order valence-electron chi connectivity index (χ1n) is 4.64. The largest absolute Gasteiger partial charge is 0.476 e. The molecule has 0 bridgehead atoms. The van der Waals surface area contributed by atoms with Crippen molar-refractivity contribution in [2.45, 2.75) is 33.7 Å². The summed E-state index contributed by atoms with van der Waals surface area (Å²) < 4.78 is 14.6. The van der Waals surface area contributed by atoms with Crippen LogP contribution in [-0.2, 0) is 18.7 Å². The fourth-order valence-electron chi connectivity index (χ4n) is 0.621. The van der Waals surface area contributed by atoms with E-state index in [0.29, 0.717) is 6.61 Å². The Balaban J connectivity index is 3.94. The molecule has 16 heavy (non-hydrogen) atoms. The van der Waals surface area contributed by atoms with E-state index in [4.69, 9.17) is 21.0 Å². The van der Waals surface area contributed by atoms with Crippen LogP contribution in [-0.4, -0.2) is 23.5 Å². The van der Waals surface area contributed by atoms with Crippen LogP contribution in [0.5, 0.6) is 0 Å². The molecule has 0 aliphatic rings. The van der Waals surface area contributed by atoms with E-state index in [9.17, 15) is 9.36 Å². The molecule has 2 N–H and O–H groups in total. The molecule has 0 saturated carbocycles. The molecule has 0 heterocycles. The second kappa shape index (κ2) is 5.98. The summed E-state index contributed by atoms with van der Waals surface area (Å²) in [6.45, 7) is 3.36. The molecule has 0 saturated heterocycles. The fourth-order valence-corrected chi connectivity index (χ4v) is 1.21. The van der Waals surface area contributed by atoms with E-state index in [-0.39, 0.29) is 5.41 Å². The van der Waals surface area contributed by atoms with Gasteiger partial charge in [0, 0.05) is 11.2 Å². The predicted octanol–water partition coefficient (Wildman–Crippen LogP) is 1.82. The third kappa shape index (κ3) is 9.12. The summed E-state index contributed by atoms with van der Waals surface area (Å²) >= 11 is 4.88. The molecular weight excluding hydrogens is 257 g/mol. The lowest BCUT2D eigenvalue weighted by Crippen LogP contribution is -2.36. The van der Waals surface area contributed by atoms with Crippen molar-refractivity contribution in [1.29, 1.82) is 0 Å². The van der Waals surface area contributed by atoms with Crippen molar-refractivity contribution in [3.63, 3.8) is 0 Å². The molecule has 8 heteroatoms.